The molecule has 1 aromatic carbocycles. The maximum Gasteiger partial charge on any atom is 0.244 e. The van der Waals surface area contributed by atoms with Crippen molar-refractivity contribution >= 4 is 12.0 Å². The molecule has 4 nitrogen and oxygen atoms in total. The van der Waals surface area contributed by atoms with Gasteiger partial charge >= 0.3 is 0 Å². The lowest BCUT2D eigenvalue weighted by molar-refractivity contribution is -0.116. The maximum atomic E-state index is 12.7. The van der Waals surface area contributed by atoms with E-state index < -0.39 is 0 Å². The van der Waals surface area contributed by atoms with Gasteiger partial charge in [-0.1, -0.05) is 0 Å². The van der Waals surface area contributed by atoms with Crippen LogP contribution in [0.5, 0.6) is 5.75 Å². The molecule has 0 radical (unpaired) electrons. The molecule has 0 saturated heterocycles. The second kappa shape index (κ2) is 7.13. The van der Waals surface area contributed by atoms with Crippen LogP contribution in [0.25, 0.3) is 6.08 Å². The number of halogens is 1. The quantitative estimate of drug-likeness (QED) is 0.651. The van der Waals surface area contributed by atoms with E-state index in [-0.39, 0.29) is 11.7 Å². The van der Waals surface area contributed by atoms with E-state index in [9.17, 15) is 9.18 Å². The number of carbonyl (C=O) groups excluding carboxylic acids is 1. The summed E-state index contributed by atoms with van der Waals surface area (Å²) in [6, 6.07) is 9.21. The Morgan fingerprint density at radius 1 is 1.30 bits per heavy atom. The van der Waals surface area contributed by atoms with Gasteiger partial charge in [0.25, 0.3) is 0 Å². The first-order valence-corrected chi connectivity index (χ1v) is 6.12. The van der Waals surface area contributed by atoms with Crippen LogP contribution in [0.1, 0.15) is 5.76 Å². The lowest BCUT2D eigenvalue weighted by Crippen LogP contribution is -2.26. The molecule has 0 bridgehead atoms. The highest BCUT2D eigenvalue weighted by molar-refractivity contribution is 5.91. The summed E-state index contributed by atoms with van der Waals surface area (Å²) in [7, 11) is 0. The molecule has 0 saturated carbocycles. The van der Waals surface area contributed by atoms with E-state index in [0.717, 1.165) is 0 Å². The van der Waals surface area contributed by atoms with E-state index in [0.29, 0.717) is 24.7 Å². The minimum atomic E-state index is -0.311. The van der Waals surface area contributed by atoms with Gasteiger partial charge in [0, 0.05) is 6.08 Å². The molecule has 104 valence electrons. The molecule has 2 aromatic rings. The molecule has 1 N–H and O–H groups in total. The van der Waals surface area contributed by atoms with Crippen LogP contribution in [0.15, 0.2) is 53.2 Å². The lowest BCUT2D eigenvalue weighted by Gasteiger charge is -2.06. The highest BCUT2D eigenvalue weighted by atomic mass is 19.1. The fourth-order valence-corrected chi connectivity index (χ4v) is 1.48. The third kappa shape index (κ3) is 4.61. The normalized spacial score (nSPS) is 10.7. The summed E-state index contributed by atoms with van der Waals surface area (Å²) in [6.45, 7) is 0.671. The molecular weight excluding hydrogens is 261 g/mol. The van der Waals surface area contributed by atoms with Crippen LogP contribution in [0.2, 0.25) is 0 Å². The van der Waals surface area contributed by atoms with Crippen LogP contribution in [-0.2, 0) is 4.79 Å². The molecule has 0 unspecified atom stereocenters. The maximum absolute atomic E-state index is 12.7. The summed E-state index contributed by atoms with van der Waals surface area (Å²) in [6.07, 6.45) is 4.50. The molecule has 2 rings (SSSR count). The van der Waals surface area contributed by atoms with E-state index in [1.165, 1.54) is 36.6 Å². The highest BCUT2D eigenvalue weighted by Crippen LogP contribution is 2.10. The first-order chi connectivity index (χ1) is 9.74. The number of amides is 1. The summed E-state index contributed by atoms with van der Waals surface area (Å²) in [5, 5.41) is 2.66. The third-order valence-corrected chi connectivity index (χ3v) is 2.43. The molecular formula is C15H14FNO3. The smallest absolute Gasteiger partial charge is 0.244 e. The minimum absolute atomic E-state index is 0.232. The van der Waals surface area contributed by atoms with Crippen molar-refractivity contribution in [2.75, 3.05) is 13.2 Å². The Morgan fingerprint density at radius 3 is 2.80 bits per heavy atom. The monoisotopic (exact) mass is 275 g/mol. The van der Waals surface area contributed by atoms with Gasteiger partial charge < -0.3 is 14.5 Å². The van der Waals surface area contributed by atoms with Gasteiger partial charge in [-0.05, 0) is 42.5 Å². The predicted octanol–water partition coefficient (Wildman–Crippen LogP) is 2.63. The fraction of sp³-hybridized carbons (Fsp3) is 0.133. The van der Waals surface area contributed by atoms with Gasteiger partial charge in [-0.15, -0.1) is 0 Å². The van der Waals surface area contributed by atoms with Gasteiger partial charge in [-0.3, -0.25) is 4.79 Å². The number of hydrogen-bond acceptors (Lipinski definition) is 3. The number of carbonyl (C=O) groups is 1. The van der Waals surface area contributed by atoms with E-state index >= 15 is 0 Å². The fourth-order valence-electron chi connectivity index (χ4n) is 1.48. The van der Waals surface area contributed by atoms with Gasteiger partial charge in [0.1, 0.15) is 23.9 Å². The third-order valence-electron chi connectivity index (χ3n) is 2.43. The van der Waals surface area contributed by atoms with E-state index in [1.807, 2.05) is 0 Å². The number of rotatable bonds is 6. The van der Waals surface area contributed by atoms with E-state index in [4.69, 9.17) is 9.15 Å². The number of benzene rings is 1. The van der Waals surface area contributed by atoms with Crippen LogP contribution in [0.3, 0.4) is 0 Å². The van der Waals surface area contributed by atoms with Crippen LogP contribution in [-0.4, -0.2) is 19.1 Å². The van der Waals surface area contributed by atoms with E-state index in [1.54, 1.807) is 18.2 Å². The summed E-state index contributed by atoms with van der Waals surface area (Å²) >= 11 is 0. The van der Waals surface area contributed by atoms with Crippen LogP contribution in [0, 0.1) is 5.82 Å². The summed E-state index contributed by atoms with van der Waals surface area (Å²) in [5.74, 6) is 0.632. The van der Waals surface area contributed by atoms with Crippen molar-refractivity contribution in [3.05, 3.63) is 60.3 Å². The Balaban J connectivity index is 1.65. The summed E-state index contributed by atoms with van der Waals surface area (Å²) < 4.78 is 23.0. The van der Waals surface area contributed by atoms with Crippen molar-refractivity contribution in [1.29, 1.82) is 0 Å². The molecule has 0 aliphatic carbocycles. The summed E-state index contributed by atoms with van der Waals surface area (Å²) in [5.41, 5.74) is 0. The van der Waals surface area contributed by atoms with Crippen molar-refractivity contribution in [3.63, 3.8) is 0 Å². The van der Waals surface area contributed by atoms with Gasteiger partial charge in [-0.25, -0.2) is 4.39 Å². The molecule has 20 heavy (non-hydrogen) atoms. The molecule has 0 fully saturated rings. The summed E-state index contributed by atoms with van der Waals surface area (Å²) in [4.78, 5) is 11.4. The van der Waals surface area contributed by atoms with Crippen molar-refractivity contribution < 1.29 is 18.3 Å². The standard InChI is InChI=1S/C15H14FNO3/c16-12-3-5-14(6-4-12)20-11-9-17-15(18)8-7-13-2-1-10-19-13/h1-8,10H,9,11H2,(H,17,18). The number of ether oxygens (including phenoxy) is 1. The van der Waals surface area contributed by atoms with Crippen LogP contribution >= 0.6 is 0 Å². The molecule has 0 aliphatic heterocycles. The molecule has 0 aliphatic rings. The van der Waals surface area contributed by atoms with Gasteiger partial charge in [-0.2, -0.15) is 0 Å². The zero-order valence-electron chi connectivity index (χ0n) is 10.7. The van der Waals surface area contributed by atoms with Crippen molar-refractivity contribution in [3.8, 4) is 5.75 Å². The molecule has 1 aromatic heterocycles. The van der Waals surface area contributed by atoms with Crippen molar-refractivity contribution in [2.24, 2.45) is 0 Å². The molecule has 1 amide bonds. The molecule has 0 atom stereocenters. The SMILES string of the molecule is O=C(C=Cc1ccco1)NCCOc1ccc(F)cc1. The van der Waals surface area contributed by atoms with Crippen LogP contribution in [0.4, 0.5) is 4.39 Å². The van der Waals surface area contributed by atoms with Gasteiger partial charge in [0.15, 0.2) is 0 Å². The number of nitrogens with one attached hydrogen (secondary N) is 1. The first kappa shape index (κ1) is 13.9. The van der Waals surface area contributed by atoms with Gasteiger partial charge in [0.05, 0.1) is 12.8 Å². The number of furan rings is 1. The number of hydrogen-bond donors (Lipinski definition) is 1. The molecule has 0 spiro atoms. The Morgan fingerprint density at radius 2 is 2.10 bits per heavy atom. The Kier molecular flexibility index (Phi) is 4.94. The average molecular weight is 275 g/mol. The van der Waals surface area contributed by atoms with Crippen molar-refractivity contribution in [2.45, 2.75) is 0 Å². The van der Waals surface area contributed by atoms with Crippen LogP contribution < -0.4 is 10.1 Å². The lowest BCUT2D eigenvalue weighted by atomic mass is 10.3. The van der Waals surface area contributed by atoms with Crippen molar-refractivity contribution in [1.82, 2.24) is 5.32 Å². The van der Waals surface area contributed by atoms with Gasteiger partial charge in [0.2, 0.25) is 5.91 Å². The Hall–Kier alpha value is -2.56. The molecule has 5 heteroatoms. The largest absolute Gasteiger partial charge is 0.492 e. The zero-order chi connectivity index (χ0) is 14.2. The molecule has 1 heterocycles. The van der Waals surface area contributed by atoms with E-state index in [2.05, 4.69) is 5.32 Å². The first-order valence-electron chi connectivity index (χ1n) is 6.12. The second-order valence-electron chi connectivity index (χ2n) is 3.94. The Bertz CT molecular complexity index is 561. The highest BCUT2D eigenvalue weighted by Gasteiger charge is 1.97. The zero-order valence-corrected chi connectivity index (χ0v) is 10.7. The minimum Gasteiger partial charge on any atom is -0.492 e. The predicted molar refractivity (Wildman–Crippen MR) is 72.6 cm³/mol. The Labute approximate surface area is 115 Å². The average Bonchev–Trinajstić information content (AvgIpc) is 2.96. The topological polar surface area (TPSA) is 51.5 Å². The second-order valence-corrected chi connectivity index (χ2v) is 3.94.